The average Bonchev–Trinajstić information content (AvgIpc) is 2.77. The first kappa shape index (κ1) is 11.7. The summed E-state index contributed by atoms with van der Waals surface area (Å²) in [4.78, 5) is 2.47. The van der Waals surface area contributed by atoms with Gasteiger partial charge in [-0.05, 0) is 37.1 Å². The number of benzene rings is 1. The van der Waals surface area contributed by atoms with Gasteiger partial charge in [0.15, 0.2) is 0 Å². The molecule has 1 heterocycles. The summed E-state index contributed by atoms with van der Waals surface area (Å²) in [5, 5.41) is 0. The van der Waals surface area contributed by atoms with Crippen molar-refractivity contribution in [3.05, 3.63) is 29.8 Å². The van der Waals surface area contributed by atoms with E-state index in [2.05, 4.69) is 17.0 Å². The Morgan fingerprint density at radius 2 is 2.12 bits per heavy atom. The molecule has 1 aromatic rings. The minimum atomic E-state index is 0.559. The lowest BCUT2D eigenvalue weighted by Gasteiger charge is -2.22. The van der Waals surface area contributed by atoms with Crippen LogP contribution in [0.15, 0.2) is 24.3 Å². The third kappa shape index (κ3) is 2.69. The van der Waals surface area contributed by atoms with Crippen LogP contribution in [0.5, 0.6) is 5.75 Å². The lowest BCUT2D eigenvalue weighted by atomic mass is 10.2. The molecule has 0 amide bonds. The summed E-state index contributed by atoms with van der Waals surface area (Å²) in [5.74, 6) is 1.66. The molecule has 1 atom stereocenters. The number of alkyl halides is 1. The van der Waals surface area contributed by atoms with Crippen LogP contribution >= 0.6 is 11.6 Å². The lowest BCUT2D eigenvalue weighted by Crippen LogP contribution is -2.30. The van der Waals surface area contributed by atoms with Gasteiger partial charge in [-0.15, -0.1) is 11.6 Å². The van der Waals surface area contributed by atoms with Crippen LogP contribution in [0.1, 0.15) is 18.4 Å². The summed E-state index contributed by atoms with van der Waals surface area (Å²) in [6.07, 6.45) is 2.51. The van der Waals surface area contributed by atoms with Crippen LogP contribution < -0.4 is 4.74 Å². The van der Waals surface area contributed by atoms with Crippen molar-refractivity contribution in [3.8, 4) is 5.75 Å². The van der Waals surface area contributed by atoms with Gasteiger partial charge in [0.05, 0.1) is 7.11 Å². The van der Waals surface area contributed by atoms with Gasteiger partial charge >= 0.3 is 0 Å². The molecule has 1 aromatic carbocycles. The molecular weight excluding hydrogens is 222 g/mol. The summed E-state index contributed by atoms with van der Waals surface area (Å²) in [6.45, 7) is 2.17. The Labute approximate surface area is 102 Å². The van der Waals surface area contributed by atoms with E-state index < -0.39 is 0 Å². The van der Waals surface area contributed by atoms with E-state index in [-0.39, 0.29) is 0 Å². The monoisotopic (exact) mass is 239 g/mol. The van der Waals surface area contributed by atoms with E-state index in [1.165, 1.54) is 24.9 Å². The molecule has 1 aliphatic heterocycles. The van der Waals surface area contributed by atoms with E-state index in [1.54, 1.807) is 7.11 Å². The Morgan fingerprint density at radius 3 is 2.75 bits per heavy atom. The highest BCUT2D eigenvalue weighted by Crippen LogP contribution is 2.21. The number of hydrogen-bond donors (Lipinski definition) is 0. The molecule has 0 saturated carbocycles. The molecule has 88 valence electrons. The zero-order chi connectivity index (χ0) is 11.4. The van der Waals surface area contributed by atoms with Crippen LogP contribution in [0.4, 0.5) is 0 Å². The zero-order valence-corrected chi connectivity index (χ0v) is 10.4. The first-order chi connectivity index (χ1) is 7.83. The van der Waals surface area contributed by atoms with Crippen molar-refractivity contribution < 1.29 is 4.74 Å². The first-order valence-corrected chi connectivity index (χ1v) is 6.30. The molecule has 1 unspecified atom stereocenters. The number of methoxy groups -OCH3 is 1. The molecule has 16 heavy (non-hydrogen) atoms. The maximum atomic E-state index is 5.95. The minimum Gasteiger partial charge on any atom is -0.497 e. The molecule has 2 nitrogen and oxygen atoms in total. The second kappa shape index (κ2) is 5.55. The van der Waals surface area contributed by atoms with Gasteiger partial charge in [0.2, 0.25) is 0 Å². The highest BCUT2D eigenvalue weighted by Gasteiger charge is 2.23. The number of rotatable bonds is 4. The number of nitrogens with zero attached hydrogens (tertiary/aromatic N) is 1. The second-order valence-corrected chi connectivity index (χ2v) is 4.58. The van der Waals surface area contributed by atoms with E-state index in [0.29, 0.717) is 6.04 Å². The van der Waals surface area contributed by atoms with Crippen molar-refractivity contribution in [2.75, 3.05) is 19.5 Å². The average molecular weight is 240 g/mol. The smallest absolute Gasteiger partial charge is 0.118 e. The topological polar surface area (TPSA) is 12.5 Å². The van der Waals surface area contributed by atoms with E-state index in [0.717, 1.165) is 18.2 Å². The molecule has 0 aliphatic carbocycles. The van der Waals surface area contributed by atoms with Crippen LogP contribution in [0.2, 0.25) is 0 Å². The van der Waals surface area contributed by atoms with Crippen molar-refractivity contribution in [1.82, 2.24) is 4.90 Å². The normalized spacial score (nSPS) is 21.2. The SMILES string of the molecule is COc1ccc(CN2CCCC2CCl)cc1. The van der Waals surface area contributed by atoms with E-state index in [1.807, 2.05) is 12.1 Å². The molecule has 0 radical (unpaired) electrons. The minimum absolute atomic E-state index is 0.559. The van der Waals surface area contributed by atoms with Crippen LogP contribution in [0.25, 0.3) is 0 Å². The fourth-order valence-electron chi connectivity index (χ4n) is 2.24. The summed E-state index contributed by atoms with van der Waals surface area (Å²) >= 11 is 5.95. The highest BCUT2D eigenvalue weighted by molar-refractivity contribution is 6.18. The van der Waals surface area contributed by atoms with Gasteiger partial charge in [0, 0.05) is 18.5 Å². The summed E-state index contributed by atoms with van der Waals surface area (Å²) in [6, 6.07) is 8.84. The second-order valence-electron chi connectivity index (χ2n) is 4.27. The molecule has 1 aliphatic rings. The number of likely N-dealkylation sites (tertiary alicyclic amines) is 1. The van der Waals surface area contributed by atoms with Crippen LogP contribution in [-0.4, -0.2) is 30.5 Å². The fraction of sp³-hybridized carbons (Fsp3) is 0.538. The quantitative estimate of drug-likeness (QED) is 0.750. The van der Waals surface area contributed by atoms with Gasteiger partial charge in [-0.1, -0.05) is 12.1 Å². The molecule has 2 rings (SSSR count). The van der Waals surface area contributed by atoms with Gasteiger partial charge in [0.25, 0.3) is 0 Å². The fourth-order valence-corrected chi connectivity index (χ4v) is 2.59. The van der Waals surface area contributed by atoms with E-state index in [4.69, 9.17) is 16.3 Å². The van der Waals surface area contributed by atoms with Crippen molar-refractivity contribution in [3.63, 3.8) is 0 Å². The summed E-state index contributed by atoms with van der Waals surface area (Å²) in [5.41, 5.74) is 1.33. The molecule has 3 heteroatoms. The standard InChI is InChI=1S/C13H18ClNO/c1-16-13-6-4-11(5-7-13)10-15-8-2-3-12(15)9-14/h4-7,12H,2-3,8-10H2,1H3. The number of hydrogen-bond acceptors (Lipinski definition) is 2. The van der Waals surface area contributed by atoms with Crippen LogP contribution in [-0.2, 0) is 6.54 Å². The van der Waals surface area contributed by atoms with E-state index in [9.17, 15) is 0 Å². The first-order valence-electron chi connectivity index (χ1n) is 5.76. The predicted molar refractivity (Wildman–Crippen MR) is 67.1 cm³/mol. The summed E-state index contributed by atoms with van der Waals surface area (Å²) < 4.78 is 5.15. The van der Waals surface area contributed by atoms with Crippen molar-refractivity contribution >= 4 is 11.6 Å². The largest absolute Gasteiger partial charge is 0.497 e. The molecule has 0 N–H and O–H groups in total. The molecule has 1 fully saturated rings. The maximum absolute atomic E-state index is 5.95. The molecule has 1 saturated heterocycles. The van der Waals surface area contributed by atoms with Crippen LogP contribution in [0.3, 0.4) is 0 Å². The zero-order valence-electron chi connectivity index (χ0n) is 9.66. The van der Waals surface area contributed by atoms with Crippen molar-refractivity contribution in [2.24, 2.45) is 0 Å². The molecular formula is C13H18ClNO. The van der Waals surface area contributed by atoms with Gasteiger partial charge in [0.1, 0.15) is 5.75 Å². The number of halogens is 1. The maximum Gasteiger partial charge on any atom is 0.118 e. The predicted octanol–water partition coefficient (Wildman–Crippen LogP) is 2.90. The molecule has 0 aromatic heterocycles. The van der Waals surface area contributed by atoms with Gasteiger partial charge < -0.3 is 4.74 Å². The summed E-state index contributed by atoms with van der Waals surface area (Å²) in [7, 11) is 1.69. The third-order valence-electron chi connectivity index (χ3n) is 3.22. The Morgan fingerprint density at radius 1 is 1.38 bits per heavy atom. The van der Waals surface area contributed by atoms with Crippen LogP contribution in [0, 0.1) is 0 Å². The lowest BCUT2D eigenvalue weighted by molar-refractivity contribution is 0.263. The Kier molecular flexibility index (Phi) is 4.08. The number of ether oxygens (including phenoxy) is 1. The Balaban J connectivity index is 1.97. The Bertz CT molecular complexity index is 325. The van der Waals surface area contributed by atoms with Gasteiger partial charge in [-0.25, -0.2) is 0 Å². The van der Waals surface area contributed by atoms with Gasteiger partial charge in [-0.3, -0.25) is 4.90 Å². The molecule has 0 spiro atoms. The van der Waals surface area contributed by atoms with Crippen molar-refractivity contribution in [1.29, 1.82) is 0 Å². The van der Waals surface area contributed by atoms with Gasteiger partial charge in [-0.2, -0.15) is 0 Å². The molecule has 0 bridgehead atoms. The Hall–Kier alpha value is -0.730. The third-order valence-corrected chi connectivity index (χ3v) is 3.58. The highest BCUT2D eigenvalue weighted by atomic mass is 35.5. The van der Waals surface area contributed by atoms with Crippen molar-refractivity contribution in [2.45, 2.75) is 25.4 Å². The van der Waals surface area contributed by atoms with E-state index >= 15 is 0 Å².